The molecule has 190 valence electrons. The normalized spacial score (nSPS) is 18.3. The minimum absolute atomic E-state index is 0.0127. The predicted molar refractivity (Wildman–Crippen MR) is 131 cm³/mol. The number of ether oxygens (including phenoxy) is 1. The maximum Gasteiger partial charge on any atom is 0.408 e. The maximum atomic E-state index is 13.1. The summed E-state index contributed by atoms with van der Waals surface area (Å²) in [7, 11) is 0. The van der Waals surface area contributed by atoms with E-state index < -0.39 is 23.6 Å². The van der Waals surface area contributed by atoms with Gasteiger partial charge in [-0.3, -0.25) is 4.79 Å². The Balaban J connectivity index is 1.55. The first kappa shape index (κ1) is 26.3. The number of nitrogens with zero attached hydrogens (tertiary/aromatic N) is 3. The predicted octanol–water partition coefficient (Wildman–Crippen LogP) is 3.41. The quantitative estimate of drug-likeness (QED) is 0.617. The third-order valence-electron chi connectivity index (χ3n) is 6.60. The second-order valence-electron chi connectivity index (χ2n) is 9.86. The number of carbonyl (C=O) groups is 3. The summed E-state index contributed by atoms with van der Waals surface area (Å²) >= 11 is 0. The van der Waals surface area contributed by atoms with Crippen LogP contribution in [0, 0.1) is 17.2 Å². The average Bonchev–Trinajstić information content (AvgIpc) is 2.88. The molecule has 9 heteroatoms. The number of carbonyl (C=O) groups excluding carboxylic acids is 3. The number of hydrogen-bond acceptors (Lipinski definition) is 5. The van der Waals surface area contributed by atoms with Crippen LogP contribution in [-0.2, 0) is 16.1 Å². The summed E-state index contributed by atoms with van der Waals surface area (Å²) < 4.78 is 5.47. The number of rotatable bonds is 7. The van der Waals surface area contributed by atoms with E-state index in [0.29, 0.717) is 38.9 Å². The summed E-state index contributed by atoms with van der Waals surface area (Å²) in [5.41, 5.74) is -0.168. The van der Waals surface area contributed by atoms with Crippen molar-refractivity contribution in [3.63, 3.8) is 0 Å². The number of benzene rings is 1. The van der Waals surface area contributed by atoms with Gasteiger partial charge in [0.05, 0.1) is 6.07 Å². The van der Waals surface area contributed by atoms with Gasteiger partial charge in [0.2, 0.25) is 0 Å². The molecule has 9 nitrogen and oxygen atoms in total. The Morgan fingerprint density at radius 2 is 1.66 bits per heavy atom. The lowest BCUT2D eigenvalue weighted by Gasteiger charge is -2.40. The van der Waals surface area contributed by atoms with Gasteiger partial charge in [-0.05, 0) is 37.2 Å². The molecule has 0 unspecified atom stereocenters. The first-order chi connectivity index (χ1) is 16.8. The molecular weight excluding hydrogens is 446 g/mol. The summed E-state index contributed by atoms with van der Waals surface area (Å²) in [5.74, 6) is -0.374. The molecule has 0 spiro atoms. The van der Waals surface area contributed by atoms with Crippen molar-refractivity contribution in [2.45, 2.75) is 70.6 Å². The summed E-state index contributed by atoms with van der Waals surface area (Å²) in [6.07, 6.45) is 2.52. The highest BCUT2D eigenvalue weighted by molar-refractivity contribution is 5.84. The molecule has 1 aromatic rings. The largest absolute Gasteiger partial charge is 0.436 e. The molecule has 0 aliphatic carbocycles. The highest BCUT2D eigenvalue weighted by Gasteiger charge is 2.40. The number of urea groups is 1. The van der Waals surface area contributed by atoms with Crippen molar-refractivity contribution in [1.29, 1.82) is 5.26 Å². The Labute approximate surface area is 207 Å². The van der Waals surface area contributed by atoms with Crippen molar-refractivity contribution in [2.24, 2.45) is 5.92 Å². The van der Waals surface area contributed by atoms with Crippen LogP contribution in [0.25, 0.3) is 0 Å². The van der Waals surface area contributed by atoms with Gasteiger partial charge in [0, 0.05) is 45.6 Å². The third-order valence-corrected chi connectivity index (χ3v) is 6.60. The van der Waals surface area contributed by atoms with E-state index in [4.69, 9.17) is 4.74 Å². The fraction of sp³-hybridized carbons (Fsp3) is 0.615. The zero-order valence-electron chi connectivity index (χ0n) is 20.8. The van der Waals surface area contributed by atoms with Gasteiger partial charge in [-0.15, -0.1) is 0 Å². The van der Waals surface area contributed by atoms with Gasteiger partial charge in [-0.25, -0.2) is 9.59 Å². The smallest absolute Gasteiger partial charge is 0.408 e. The van der Waals surface area contributed by atoms with E-state index in [0.717, 1.165) is 37.9 Å². The van der Waals surface area contributed by atoms with E-state index in [9.17, 15) is 19.6 Å². The van der Waals surface area contributed by atoms with Gasteiger partial charge in [-0.1, -0.05) is 44.2 Å². The van der Waals surface area contributed by atoms with Gasteiger partial charge < -0.3 is 25.2 Å². The topological polar surface area (TPSA) is 115 Å². The Hall–Kier alpha value is -3.28. The van der Waals surface area contributed by atoms with E-state index in [-0.39, 0.29) is 11.9 Å². The van der Waals surface area contributed by atoms with Crippen LogP contribution in [0.5, 0.6) is 0 Å². The Morgan fingerprint density at radius 1 is 1.03 bits per heavy atom. The summed E-state index contributed by atoms with van der Waals surface area (Å²) in [4.78, 5) is 42.0. The number of amides is 4. The van der Waals surface area contributed by atoms with E-state index in [2.05, 4.69) is 16.7 Å². The zero-order chi connectivity index (χ0) is 25.3. The molecule has 2 N–H and O–H groups in total. The molecule has 2 fully saturated rings. The second-order valence-corrected chi connectivity index (χ2v) is 9.86. The molecular formula is C26H37N5O4. The molecule has 1 atom stereocenters. The summed E-state index contributed by atoms with van der Waals surface area (Å²) in [6.45, 7) is 6.52. The van der Waals surface area contributed by atoms with Crippen molar-refractivity contribution < 1.29 is 19.1 Å². The highest BCUT2D eigenvalue weighted by Crippen LogP contribution is 2.24. The van der Waals surface area contributed by atoms with Crippen LogP contribution >= 0.6 is 0 Å². The molecule has 2 aliphatic rings. The monoisotopic (exact) mass is 483 g/mol. The Kier molecular flexibility index (Phi) is 9.35. The average molecular weight is 484 g/mol. The van der Waals surface area contributed by atoms with Crippen LogP contribution in [0.3, 0.4) is 0 Å². The lowest BCUT2D eigenvalue weighted by Crippen LogP contribution is -2.59. The van der Waals surface area contributed by atoms with Crippen LogP contribution in [0.15, 0.2) is 30.3 Å². The number of hydrogen-bond donors (Lipinski definition) is 2. The molecule has 1 aromatic carbocycles. The van der Waals surface area contributed by atoms with Gasteiger partial charge in [-0.2, -0.15) is 5.26 Å². The van der Waals surface area contributed by atoms with E-state index in [1.54, 1.807) is 4.90 Å². The van der Waals surface area contributed by atoms with Crippen LogP contribution in [0.4, 0.5) is 9.59 Å². The minimum Gasteiger partial charge on any atom is -0.436 e. The lowest BCUT2D eigenvalue weighted by atomic mass is 9.88. The van der Waals surface area contributed by atoms with Crippen LogP contribution in [0.1, 0.15) is 57.9 Å². The number of nitrogens with one attached hydrogen (secondary N) is 2. The standard InChI is InChI=1S/C26H37N5O4/c1-20(2)17-22(35-24(33)28-18-21-9-5-3-6-10-21)23(32)29-26(19-27)11-15-31(16-12-26)25(34)30-13-7-4-8-14-30/h3,5-6,9-10,20,22H,4,7-8,11-18H2,1-2H3,(H,28,33)(H,29,32)/t22-/m0/s1. The van der Waals surface area contributed by atoms with E-state index in [1.807, 2.05) is 49.1 Å². The molecule has 2 saturated heterocycles. The molecule has 2 aliphatic heterocycles. The molecule has 0 bridgehead atoms. The molecule has 0 saturated carbocycles. The van der Waals surface area contributed by atoms with Crippen molar-refractivity contribution in [1.82, 2.24) is 20.4 Å². The molecule has 2 heterocycles. The maximum absolute atomic E-state index is 13.1. The third kappa shape index (κ3) is 7.61. The van der Waals surface area contributed by atoms with Crippen molar-refractivity contribution in [2.75, 3.05) is 26.2 Å². The molecule has 0 aromatic heterocycles. The molecule has 35 heavy (non-hydrogen) atoms. The zero-order valence-corrected chi connectivity index (χ0v) is 20.8. The van der Waals surface area contributed by atoms with Crippen molar-refractivity contribution in [3.8, 4) is 6.07 Å². The lowest BCUT2D eigenvalue weighted by molar-refractivity contribution is -0.132. The number of alkyl carbamates (subject to hydrolysis) is 1. The fourth-order valence-corrected chi connectivity index (χ4v) is 4.52. The van der Waals surface area contributed by atoms with Gasteiger partial charge in [0.25, 0.3) is 5.91 Å². The second kappa shape index (κ2) is 12.4. The van der Waals surface area contributed by atoms with Crippen molar-refractivity contribution >= 4 is 18.0 Å². The minimum atomic E-state index is -1.09. The van der Waals surface area contributed by atoms with Crippen LogP contribution in [0.2, 0.25) is 0 Å². The molecule has 4 amide bonds. The van der Waals surface area contributed by atoms with E-state index >= 15 is 0 Å². The molecule has 3 rings (SSSR count). The van der Waals surface area contributed by atoms with Gasteiger partial charge in [0.1, 0.15) is 5.54 Å². The van der Waals surface area contributed by atoms with Crippen molar-refractivity contribution in [3.05, 3.63) is 35.9 Å². The number of piperidine rings is 2. The summed E-state index contributed by atoms with van der Waals surface area (Å²) in [6, 6.07) is 11.7. The first-order valence-corrected chi connectivity index (χ1v) is 12.6. The fourth-order valence-electron chi connectivity index (χ4n) is 4.52. The van der Waals surface area contributed by atoms with Gasteiger partial charge >= 0.3 is 12.1 Å². The Morgan fingerprint density at radius 3 is 2.26 bits per heavy atom. The summed E-state index contributed by atoms with van der Waals surface area (Å²) in [5, 5.41) is 15.4. The Bertz CT molecular complexity index is 900. The van der Waals surface area contributed by atoms with E-state index in [1.165, 1.54) is 0 Å². The van der Waals surface area contributed by atoms with Crippen LogP contribution in [-0.4, -0.2) is 65.7 Å². The SMILES string of the molecule is CC(C)C[C@H](OC(=O)NCc1ccccc1)C(=O)NC1(C#N)CCN(C(=O)N2CCCCC2)CC1. The highest BCUT2D eigenvalue weighted by atomic mass is 16.6. The number of likely N-dealkylation sites (tertiary alicyclic amines) is 2. The number of nitriles is 1. The van der Waals surface area contributed by atoms with Gasteiger partial charge in [0.15, 0.2) is 6.10 Å². The first-order valence-electron chi connectivity index (χ1n) is 12.6. The molecule has 0 radical (unpaired) electrons. The van der Waals surface area contributed by atoms with Crippen LogP contribution < -0.4 is 10.6 Å².